The number of hydrogen-bond donors (Lipinski definition) is 3. The summed E-state index contributed by atoms with van der Waals surface area (Å²) in [6.07, 6.45) is 1.68. The molecule has 108 valence electrons. The molecule has 4 N–H and O–H groups in total. The van der Waals surface area contributed by atoms with Gasteiger partial charge >= 0.3 is 0 Å². The second-order valence-electron chi connectivity index (χ2n) is 5.24. The molecule has 0 fully saturated rings. The number of hydrogen-bond acceptors (Lipinski definition) is 3. The standard InChI is InChI=1S/C15H22N4O/c1-10(11(2)16)15(20)17-9-5-8-14-18-12-6-3-4-7-13(12)19-14/h3-4,6-7,10-11H,5,8-9,16H2,1-2H3,(H,17,20)(H,18,19). The Balaban J connectivity index is 1.77. The smallest absolute Gasteiger partial charge is 0.224 e. The molecule has 5 nitrogen and oxygen atoms in total. The summed E-state index contributed by atoms with van der Waals surface area (Å²) in [5.41, 5.74) is 7.74. The number of amides is 1. The number of aromatic amines is 1. The Labute approximate surface area is 119 Å². The molecule has 0 saturated heterocycles. The summed E-state index contributed by atoms with van der Waals surface area (Å²) in [5.74, 6) is 0.825. The van der Waals surface area contributed by atoms with Gasteiger partial charge in [0.15, 0.2) is 0 Å². The van der Waals surface area contributed by atoms with E-state index in [9.17, 15) is 4.79 Å². The zero-order valence-electron chi connectivity index (χ0n) is 12.0. The Morgan fingerprint density at radius 2 is 2.15 bits per heavy atom. The van der Waals surface area contributed by atoms with Gasteiger partial charge in [0.05, 0.1) is 11.0 Å². The van der Waals surface area contributed by atoms with Crippen LogP contribution >= 0.6 is 0 Å². The van der Waals surface area contributed by atoms with Crippen LogP contribution in [0.4, 0.5) is 0 Å². The first-order valence-electron chi connectivity index (χ1n) is 7.05. The predicted molar refractivity (Wildman–Crippen MR) is 80.2 cm³/mol. The van der Waals surface area contributed by atoms with E-state index in [4.69, 9.17) is 5.73 Å². The van der Waals surface area contributed by atoms with Gasteiger partial charge in [0.2, 0.25) is 5.91 Å². The van der Waals surface area contributed by atoms with Crippen molar-refractivity contribution in [2.24, 2.45) is 11.7 Å². The second kappa shape index (κ2) is 6.52. The zero-order valence-corrected chi connectivity index (χ0v) is 12.0. The number of nitrogens with one attached hydrogen (secondary N) is 2. The van der Waals surface area contributed by atoms with Gasteiger partial charge in [-0.05, 0) is 25.5 Å². The molecule has 5 heteroatoms. The lowest BCUT2D eigenvalue weighted by atomic mass is 10.0. The van der Waals surface area contributed by atoms with Gasteiger partial charge in [-0.2, -0.15) is 0 Å². The van der Waals surface area contributed by atoms with Gasteiger partial charge < -0.3 is 16.0 Å². The minimum atomic E-state index is -0.152. The van der Waals surface area contributed by atoms with Gasteiger partial charge in [0, 0.05) is 24.9 Å². The number of H-pyrrole nitrogens is 1. The van der Waals surface area contributed by atoms with Crippen LogP contribution in [0.15, 0.2) is 24.3 Å². The van der Waals surface area contributed by atoms with Gasteiger partial charge in [0.1, 0.15) is 5.82 Å². The minimum absolute atomic E-state index is 0.0182. The maximum absolute atomic E-state index is 11.7. The Hall–Kier alpha value is -1.88. The van der Waals surface area contributed by atoms with Gasteiger partial charge in [0.25, 0.3) is 0 Å². The third-order valence-electron chi connectivity index (χ3n) is 3.53. The van der Waals surface area contributed by atoms with Crippen molar-refractivity contribution >= 4 is 16.9 Å². The van der Waals surface area contributed by atoms with E-state index in [1.54, 1.807) is 0 Å². The highest BCUT2D eigenvalue weighted by atomic mass is 16.1. The van der Waals surface area contributed by atoms with Gasteiger partial charge in [-0.25, -0.2) is 4.98 Å². The van der Waals surface area contributed by atoms with Crippen molar-refractivity contribution in [1.29, 1.82) is 0 Å². The normalized spacial score (nSPS) is 14.2. The summed E-state index contributed by atoms with van der Waals surface area (Å²) < 4.78 is 0. The maximum atomic E-state index is 11.7. The number of imidazole rings is 1. The average molecular weight is 274 g/mol. The van der Waals surface area contributed by atoms with Crippen LogP contribution in [0.3, 0.4) is 0 Å². The largest absolute Gasteiger partial charge is 0.356 e. The van der Waals surface area contributed by atoms with Crippen molar-refractivity contribution in [1.82, 2.24) is 15.3 Å². The number of nitrogens with two attached hydrogens (primary N) is 1. The number of aryl methyl sites for hydroxylation is 1. The molecule has 20 heavy (non-hydrogen) atoms. The molecule has 1 aromatic carbocycles. The van der Waals surface area contributed by atoms with E-state index in [1.807, 2.05) is 38.1 Å². The zero-order chi connectivity index (χ0) is 14.5. The van der Waals surface area contributed by atoms with Crippen molar-refractivity contribution in [2.45, 2.75) is 32.7 Å². The van der Waals surface area contributed by atoms with Crippen LogP contribution in [0.1, 0.15) is 26.1 Å². The monoisotopic (exact) mass is 274 g/mol. The Morgan fingerprint density at radius 1 is 1.40 bits per heavy atom. The number of carbonyl (C=O) groups excluding carboxylic acids is 1. The fourth-order valence-corrected chi connectivity index (χ4v) is 1.99. The first-order valence-corrected chi connectivity index (χ1v) is 7.05. The summed E-state index contributed by atoms with van der Waals surface area (Å²) in [7, 11) is 0. The lowest BCUT2D eigenvalue weighted by Crippen LogP contribution is -2.39. The average Bonchev–Trinajstić information content (AvgIpc) is 2.85. The van der Waals surface area contributed by atoms with Gasteiger partial charge in [-0.15, -0.1) is 0 Å². The summed E-state index contributed by atoms with van der Waals surface area (Å²) in [6, 6.07) is 7.84. The number of aromatic nitrogens is 2. The molecule has 0 aliphatic carbocycles. The van der Waals surface area contributed by atoms with Gasteiger partial charge in [-0.1, -0.05) is 19.1 Å². The van der Waals surface area contributed by atoms with E-state index in [-0.39, 0.29) is 17.9 Å². The lowest BCUT2D eigenvalue weighted by molar-refractivity contribution is -0.124. The summed E-state index contributed by atoms with van der Waals surface area (Å²) in [5, 5.41) is 2.91. The number of carbonyl (C=O) groups is 1. The van der Waals surface area contributed by atoms with Crippen LogP contribution in [0, 0.1) is 5.92 Å². The third kappa shape index (κ3) is 3.57. The molecule has 0 aliphatic heterocycles. The molecule has 2 aromatic rings. The van der Waals surface area contributed by atoms with Crippen LogP contribution in [0.5, 0.6) is 0 Å². The van der Waals surface area contributed by atoms with Crippen LogP contribution in [0.2, 0.25) is 0 Å². The summed E-state index contributed by atoms with van der Waals surface area (Å²) in [4.78, 5) is 19.5. The van der Waals surface area contributed by atoms with Crippen LogP contribution < -0.4 is 11.1 Å². The summed E-state index contributed by atoms with van der Waals surface area (Å²) in [6.45, 7) is 4.34. The van der Waals surface area contributed by atoms with Crippen LogP contribution in [-0.4, -0.2) is 28.5 Å². The molecule has 2 atom stereocenters. The number of rotatable bonds is 6. The van der Waals surface area contributed by atoms with E-state index in [0.29, 0.717) is 6.54 Å². The molecular weight excluding hydrogens is 252 g/mol. The van der Waals surface area contributed by atoms with Crippen molar-refractivity contribution in [3.63, 3.8) is 0 Å². The molecule has 0 bridgehead atoms. The highest BCUT2D eigenvalue weighted by Gasteiger charge is 2.16. The minimum Gasteiger partial charge on any atom is -0.356 e. The van der Waals surface area contributed by atoms with Crippen molar-refractivity contribution < 1.29 is 4.79 Å². The number of fused-ring (bicyclic) bond motifs is 1. The quantitative estimate of drug-likeness (QED) is 0.699. The molecule has 0 saturated carbocycles. The van der Waals surface area contributed by atoms with Crippen molar-refractivity contribution in [3.8, 4) is 0 Å². The fourth-order valence-electron chi connectivity index (χ4n) is 1.99. The first-order chi connectivity index (χ1) is 9.58. The van der Waals surface area contributed by atoms with E-state index in [2.05, 4.69) is 15.3 Å². The molecule has 0 spiro atoms. The van der Waals surface area contributed by atoms with Crippen molar-refractivity contribution in [3.05, 3.63) is 30.1 Å². The Kier molecular flexibility index (Phi) is 4.74. The molecule has 1 heterocycles. The second-order valence-corrected chi connectivity index (χ2v) is 5.24. The number of benzene rings is 1. The fraction of sp³-hybridized carbons (Fsp3) is 0.467. The summed E-state index contributed by atoms with van der Waals surface area (Å²) >= 11 is 0. The van der Waals surface area contributed by atoms with E-state index in [1.165, 1.54) is 0 Å². The molecular formula is C15H22N4O. The topological polar surface area (TPSA) is 83.8 Å². The van der Waals surface area contributed by atoms with E-state index >= 15 is 0 Å². The highest BCUT2D eigenvalue weighted by Crippen LogP contribution is 2.11. The molecule has 2 unspecified atom stereocenters. The van der Waals surface area contributed by atoms with Crippen LogP contribution in [-0.2, 0) is 11.2 Å². The Morgan fingerprint density at radius 3 is 2.85 bits per heavy atom. The molecule has 2 rings (SSSR count). The predicted octanol–water partition coefficient (Wildman–Crippen LogP) is 1.59. The Bertz CT molecular complexity index is 543. The molecule has 1 amide bonds. The molecule has 0 aliphatic rings. The SMILES string of the molecule is CC(N)C(C)C(=O)NCCCc1nc2ccccc2[nH]1. The van der Waals surface area contributed by atoms with Crippen LogP contribution in [0.25, 0.3) is 11.0 Å². The lowest BCUT2D eigenvalue weighted by Gasteiger charge is -2.14. The first kappa shape index (κ1) is 14.5. The van der Waals surface area contributed by atoms with E-state index < -0.39 is 0 Å². The van der Waals surface area contributed by atoms with Gasteiger partial charge in [-0.3, -0.25) is 4.79 Å². The highest BCUT2D eigenvalue weighted by molar-refractivity contribution is 5.78. The molecule has 1 aromatic heterocycles. The maximum Gasteiger partial charge on any atom is 0.224 e. The van der Waals surface area contributed by atoms with E-state index in [0.717, 1.165) is 29.7 Å². The number of nitrogens with zero attached hydrogens (tertiary/aromatic N) is 1. The number of para-hydroxylation sites is 2. The van der Waals surface area contributed by atoms with Crippen molar-refractivity contribution in [2.75, 3.05) is 6.54 Å². The molecule has 0 radical (unpaired) electrons. The third-order valence-corrected chi connectivity index (χ3v) is 3.53.